The summed E-state index contributed by atoms with van der Waals surface area (Å²) in [6.07, 6.45) is 3.20. The molecule has 1 aromatic carbocycles. The Labute approximate surface area is 235 Å². The van der Waals surface area contributed by atoms with Gasteiger partial charge in [0.05, 0.1) is 43.9 Å². The number of carbonyl (C=O) groups excluding carboxylic acids is 3. The molecule has 3 aliphatic rings. The summed E-state index contributed by atoms with van der Waals surface area (Å²) >= 11 is 0. The van der Waals surface area contributed by atoms with Gasteiger partial charge >= 0.3 is 5.97 Å². The summed E-state index contributed by atoms with van der Waals surface area (Å²) in [4.78, 5) is 48.1. The molecule has 3 heterocycles. The Balaban J connectivity index is 1.36. The average molecular weight is 584 g/mol. The summed E-state index contributed by atoms with van der Waals surface area (Å²) in [5.74, 6) is -0.469. The zero-order valence-corrected chi connectivity index (χ0v) is 24.0. The van der Waals surface area contributed by atoms with Gasteiger partial charge in [-0.25, -0.2) is 13.2 Å². The van der Waals surface area contributed by atoms with E-state index in [1.807, 2.05) is 0 Å². The highest BCUT2D eigenvalue weighted by atomic mass is 32.2. The maximum atomic E-state index is 13.9. The highest BCUT2D eigenvalue weighted by Crippen LogP contribution is 2.67. The lowest BCUT2D eigenvalue weighted by Gasteiger charge is -2.28. The summed E-state index contributed by atoms with van der Waals surface area (Å²) in [7, 11) is 1.18. The number of aromatic amines is 2. The van der Waals surface area contributed by atoms with Crippen LogP contribution < -0.4 is 14.2 Å². The summed E-state index contributed by atoms with van der Waals surface area (Å²) in [5.41, 5.74) is 2.19. The minimum Gasteiger partial charge on any atom is -0.493 e. The number of hydrogen-bond acceptors (Lipinski definition) is 9. The molecule has 1 spiro atoms. The predicted octanol–water partition coefficient (Wildman–Crippen LogP) is 2.53. The van der Waals surface area contributed by atoms with Gasteiger partial charge in [-0.05, 0) is 31.4 Å². The molecular weight excluding hydrogens is 554 g/mol. The third-order valence-corrected chi connectivity index (χ3v) is 9.10. The van der Waals surface area contributed by atoms with Crippen LogP contribution in [0.15, 0.2) is 23.9 Å². The van der Waals surface area contributed by atoms with Crippen LogP contribution in [0, 0.1) is 12.8 Å². The van der Waals surface area contributed by atoms with Gasteiger partial charge < -0.3 is 33.8 Å². The van der Waals surface area contributed by atoms with Crippen molar-refractivity contribution in [1.29, 1.82) is 0 Å². The Bertz CT molecular complexity index is 1800. The quantitative estimate of drug-likeness (QED) is 0.380. The van der Waals surface area contributed by atoms with Crippen molar-refractivity contribution in [3.8, 4) is 17.2 Å². The van der Waals surface area contributed by atoms with E-state index in [9.17, 15) is 22.8 Å². The molecule has 1 saturated carbocycles. The van der Waals surface area contributed by atoms with Crippen molar-refractivity contribution in [3.05, 3.63) is 52.1 Å². The average Bonchev–Trinajstić information content (AvgIpc) is 3.18. The van der Waals surface area contributed by atoms with E-state index in [4.69, 9.17) is 18.9 Å². The lowest BCUT2D eigenvalue weighted by atomic mass is 9.82. The van der Waals surface area contributed by atoms with Gasteiger partial charge in [0.25, 0.3) is 5.91 Å². The van der Waals surface area contributed by atoms with E-state index in [1.54, 1.807) is 24.0 Å². The molecule has 0 radical (unpaired) electrons. The Morgan fingerprint density at radius 1 is 1.10 bits per heavy atom. The lowest BCUT2D eigenvalue weighted by molar-refractivity contribution is 0.0526. The molecule has 0 bridgehead atoms. The molecule has 2 atom stereocenters. The number of sulfone groups is 1. The summed E-state index contributed by atoms with van der Waals surface area (Å²) in [6, 6.07) is 3.44. The maximum absolute atomic E-state index is 13.9. The molecule has 6 rings (SSSR count). The number of nitrogens with zero attached hydrogens (tertiary/aromatic N) is 1. The summed E-state index contributed by atoms with van der Waals surface area (Å²) in [5, 5.41) is 0.679. The number of rotatable bonds is 8. The number of aryl methyl sites for hydroxylation is 1. The van der Waals surface area contributed by atoms with E-state index >= 15 is 0 Å². The van der Waals surface area contributed by atoms with Gasteiger partial charge in [-0.1, -0.05) is 0 Å². The molecule has 1 saturated heterocycles. The highest BCUT2D eigenvalue weighted by Gasteiger charge is 2.69. The fraction of sp³-hybridized carbons (Fsp3) is 0.393. The number of esters is 1. The first kappa shape index (κ1) is 26.9. The van der Waals surface area contributed by atoms with Gasteiger partial charge in [0.1, 0.15) is 12.3 Å². The van der Waals surface area contributed by atoms with Crippen LogP contribution in [0.1, 0.15) is 49.0 Å². The van der Waals surface area contributed by atoms with Gasteiger partial charge in [0.15, 0.2) is 21.3 Å². The van der Waals surface area contributed by atoms with E-state index in [-0.39, 0.29) is 41.2 Å². The Morgan fingerprint density at radius 3 is 2.49 bits per heavy atom. The molecule has 2 aromatic heterocycles. The Morgan fingerprint density at radius 2 is 1.83 bits per heavy atom. The van der Waals surface area contributed by atoms with Gasteiger partial charge in [-0.2, -0.15) is 0 Å². The van der Waals surface area contributed by atoms with Crippen LogP contribution in [0.25, 0.3) is 10.9 Å². The van der Waals surface area contributed by atoms with Crippen LogP contribution in [0.3, 0.4) is 0 Å². The van der Waals surface area contributed by atoms with Crippen LogP contribution in [0.2, 0.25) is 0 Å². The minimum atomic E-state index is -3.33. The topological polar surface area (TPSA) is 157 Å². The molecule has 0 unspecified atom stereocenters. The maximum Gasteiger partial charge on any atom is 0.340 e. The number of H-pyrrole nitrogens is 2. The van der Waals surface area contributed by atoms with Gasteiger partial charge in [0.2, 0.25) is 11.5 Å². The normalized spacial score (nSPS) is 20.7. The van der Waals surface area contributed by atoms with Crippen molar-refractivity contribution in [1.82, 2.24) is 14.9 Å². The monoisotopic (exact) mass is 583 g/mol. The van der Waals surface area contributed by atoms with E-state index in [2.05, 4.69) is 9.97 Å². The SMILES string of the molecule is COc1cc2cc(C(=O)N3C[C@H]4C[C@@]45C3=CC(=O)c3[nH]c(C)c(C(=O)OCCS(C)(=O)=O)c35)[nH]c2c(OC)c1OC. The number of hydrogen-bond donors (Lipinski definition) is 2. The van der Waals surface area contributed by atoms with Crippen molar-refractivity contribution >= 4 is 38.4 Å². The molecular formula is C28H29N3O9S. The number of aromatic nitrogens is 2. The van der Waals surface area contributed by atoms with Gasteiger partial charge in [-0.3, -0.25) is 9.59 Å². The van der Waals surface area contributed by atoms with Crippen LogP contribution in [0.5, 0.6) is 17.2 Å². The Kier molecular flexibility index (Phi) is 6.00. The molecule has 2 aliphatic carbocycles. The second-order valence-electron chi connectivity index (χ2n) is 10.6. The van der Waals surface area contributed by atoms with Crippen LogP contribution >= 0.6 is 0 Å². The smallest absolute Gasteiger partial charge is 0.340 e. The molecule has 13 heteroatoms. The van der Waals surface area contributed by atoms with Crippen LogP contribution in [-0.2, 0) is 20.0 Å². The number of likely N-dealkylation sites (tertiary alicyclic amines) is 1. The minimum absolute atomic E-state index is 0.00132. The first-order chi connectivity index (χ1) is 19.4. The molecule has 1 aliphatic heterocycles. The van der Waals surface area contributed by atoms with Crippen molar-refractivity contribution in [2.24, 2.45) is 5.92 Å². The zero-order chi connectivity index (χ0) is 29.4. The number of benzene rings is 1. The highest BCUT2D eigenvalue weighted by molar-refractivity contribution is 7.90. The molecule has 12 nitrogen and oxygen atoms in total. The second-order valence-corrected chi connectivity index (χ2v) is 12.9. The summed E-state index contributed by atoms with van der Waals surface area (Å²) < 4.78 is 44.8. The number of carbonyl (C=O) groups is 3. The van der Waals surface area contributed by atoms with Gasteiger partial charge in [-0.15, -0.1) is 0 Å². The van der Waals surface area contributed by atoms with E-state index < -0.39 is 21.2 Å². The lowest BCUT2D eigenvalue weighted by Crippen LogP contribution is -2.34. The number of methoxy groups -OCH3 is 3. The van der Waals surface area contributed by atoms with Crippen LogP contribution in [0.4, 0.5) is 0 Å². The molecule has 3 aromatic rings. The first-order valence-electron chi connectivity index (χ1n) is 12.9. The van der Waals surface area contributed by atoms with Crippen molar-refractivity contribution in [3.63, 3.8) is 0 Å². The Hall–Kier alpha value is -4.26. The molecule has 2 fully saturated rings. The molecule has 2 N–H and O–H groups in total. The number of amides is 1. The fourth-order valence-electron chi connectivity index (χ4n) is 6.33. The fourth-order valence-corrected chi connectivity index (χ4v) is 6.71. The molecule has 1 amide bonds. The third-order valence-electron chi connectivity index (χ3n) is 8.19. The van der Waals surface area contributed by atoms with Gasteiger partial charge in [0, 0.05) is 46.6 Å². The summed E-state index contributed by atoms with van der Waals surface area (Å²) in [6.45, 7) is 1.74. The van der Waals surface area contributed by atoms with E-state index in [0.717, 1.165) is 6.26 Å². The first-order valence-corrected chi connectivity index (χ1v) is 15.0. The third kappa shape index (κ3) is 3.93. The van der Waals surface area contributed by atoms with Crippen molar-refractivity contribution < 1.29 is 41.7 Å². The number of nitrogens with one attached hydrogen (secondary N) is 2. The number of piperidine rings is 1. The van der Waals surface area contributed by atoms with Crippen molar-refractivity contribution in [2.75, 3.05) is 46.5 Å². The molecule has 41 heavy (non-hydrogen) atoms. The second kappa shape index (κ2) is 9.13. The number of allylic oxidation sites excluding steroid dienone is 2. The van der Waals surface area contributed by atoms with E-state index in [1.165, 1.54) is 27.4 Å². The van der Waals surface area contributed by atoms with Crippen molar-refractivity contribution in [2.45, 2.75) is 18.8 Å². The predicted molar refractivity (Wildman–Crippen MR) is 147 cm³/mol. The number of ketones is 1. The molecule has 216 valence electrons. The number of fused-ring (bicyclic) bond motifs is 2. The zero-order valence-electron chi connectivity index (χ0n) is 23.2. The number of ether oxygens (including phenoxy) is 4. The van der Waals surface area contributed by atoms with E-state index in [0.29, 0.717) is 63.8 Å². The largest absolute Gasteiger partial charge is 0.493 e. The standard InChI is InChI=1S/C28H29N3O9S/c1-13-20(27(34)40-6-7-41(5,35)36)21-23(29-13)17(32)10-19-28(21)11-15(28)12-31(19)26(33)16-8-14-9-18(37-2)24(38-3)25(39-4)22(14)30-16/h8-10,15,29-30H,6-7,11-12H2,1-5H3/t15-,28+/m1/s1. The van der Waals surface area contributed by atoms with Crippen LogP contribution in [-0.4, -0.2) is 87.4 Å².